The molecule has 0 atom stereocenters. The minimum atomic E-state index is 0.486. The van der Waals surface area contributed by atoms with Crippen LogP contribution in [-0.4, -0.2) is 27.0 Å². The summed E-state index contributed by atoms with van der Waals surface area (Å²) in [5, 5.41) is 0.927. The first-order valence-electron chi connectivity index (χ1n) is 7.59. The number of hydrogen-bond acceptors (Lipinski definition) is 4. The number of nitrogens with two attached hydrogens (primary N) is 1. The lowest BCUT2D eigenvalue weighted by Crippen LogP contribution is -2.09. The zero-order valence-corrected chi connectivity index (χ0v) is 15.2. The lowest BCUT2D eigenvalue weighted by molar-refractivity contribution is 1.13. The van der Waals surface area contributed by atoms with Gasteiger partial charge >= 0.3 is 0 Å². The Hall–Kier alpha value is -2.05. The molecule has 1 aliphatic rings. The first-order chi connectivity index (χ1) is 11.8. The average molecular weight is 399 g/mol. The van der Waals surface area contributed by atoms with Crippen LogP contribution in [0.4, 0.5) is 5.95 Å². The van der Waals surface area contributed by atoms with Gasteiger partial charge in [-0.05, 0) is 33.8 Å². The summed E-state index contributed by atoms with van der Waals surface area (Å²) in [7, 11) is 0. The molecule has 1 aliphatic heterocycles. The Balaban J connectivity index is 1.87. The normalized spacial score (nSPS) is 15.0. The highest BCUT2D eigenvalue weighted by Crippen LogP contribution is 2.30. The topological polar surface area (TPSA) is 56.2 Å². The second-order valence-electron chi connectivity index (χ2n) is 5.41. The molecule has 2 N–H and O–H groups in total. The predicted molar refractivity (Wildman–Crippen MR) is 107 cm³/mol. The SMILES string of the molecule is Nc1nc2ccc(/C(=C/Br)c3ccccc3)cc2n1C1=NCCS1. The third kappa shape index (κ3) is 2.65. The zero-order valence-electron chi connectivity index (χ0n) is 12.8. The van der Waals surface area contributed by atoms with Crippen LogP contribution in [0.2, 0.25) is 0 Å². The maximum atomic E-state index is 6.14. The fourth-order valence-electron chi connectivity index (χ4n) is 2.83. The molecule has 4 nitrogen and oxygen atoms in total. The highest BCUT2D eigenvalue weighted by atomic mass is 79.9. The smallest absolute Gasteiger partial charge is 0.207 e. The van der Waals surface area contributed by atoms with Crippen LogP contribution in [0.5, 0.6) is 0 Å². The zero-order chi connectivity index (χ0) is 16.5. The number of aliphatic imine (C=N–C) groups is 1. The predicted octanol–water partition coefficient (Wildman–Crippen LogP) is 4.35. The van der Waals surface area contributed by atoms with E-state index in [1.807, 2.05) is 33.8 Å². The van der Waals surface area contributed by atoms with Crippen LogP contribution in [0.15, 0.2) is 58.5 Å². The molecular weight excluding hydrogens is 384 g/mol. The summed E-state index contributed by atoms with van der Waals surface area (Å²) in [6.45, 7) is 0.829. The van der Waals surface area contributed by atoms with Gasteiger partial charge in [0.15, 0.2) is 5.17 Å². The van der Waals surface area contributed by atoms with E-state index in [-0.39, 0.29) is 0 Å². The monoisotopic (exact) mass is 398 g/mol. The van der Waals surface area contributed by atoms with Gasteiger partial charge in [0, 0.05) is 5.75 Å². The van der Waals surface area contributed by atoms with E-state index >= 15 is 0 Å². The largest absolute Gasteiger partial charge is 0.369 e. The van der Waals surface area contributed by atoms with Gasteiger partial charge in [0.25, 0.3) is 0 Å². The van der Waals surface area contributed by atoms with Crippen molar-refractivity contribution in [1.82, 2.24) is 9.55 Å². The number of benzene rings is 2. The summed E-state index contributed by atoms with van der Waals surface area (Å²) < 4.78 is 1.95. The number of aromatic nitrogens is 2. The van der Waals surface area contributed by atoms with Crippen molar-refractivity contribution in [2.24, 2.45) is 4.99 Å². The van der Waals surface area contributed by atoms with Gasteiger partial charge in [0.2, 0.25) is 5.95 Å². The number of hydrogen-bond donors (Lipinski definition) is 1. The van der Waals surface area contributed by atoms with Gasteiger partial charge < -0.3 is 5.73 Å². The van der Waals surface area contributed by atoms with Crippen molar-refractivity contribution in [3.63, 3.8) is 0 Å². The summed E-state index contributed by atoms with van der Waals surface area (Å²) in [5.41, 5.74) is 11.4. The van der Waals surface area contributed by atoms with E-state index in [0.717, 1.165) is 45.2 Å². The lowest BCUT2D eigenvalue weighted by Gasteiger charge is -2.09. The van der Waals surface area contributed by atoms with Crippen molar-refractivity contribution < 1.29 is 0 Å². The Labute approximate surface area is 152 Å². The lowest BCUT2D eigenvalue weighted by atomic mass is 9.99. The van der Waals surface area contributed by atoms with Crippen molar-refractivity contribution in [2.75, 3.05) is 18.0 Å². The Morgan fingerprint density at radius 2 is 2.00 bits per heavy atom. The highest BCUT2D eigenvalue weighted by Gasteiger charge is 2.17. The van der Waals surface area contributed by atoms with Crippen molar-refractivity contribution in [3.05, 3.63) is 64.6 Å². The molecule has 0 aliphatic carbocycles. The molecule has 0 saturated heterocycles. The summed E-state index contributed by atoms with van der Waals surface area (Å²) in [4.78, 5) is 11.0. The molecule has 0 fully saturated rings. The van der Waals surface area contributed by atoms with E-state index in [1.165, 1.54) is 0 Å². The standard InChI is InChI=1S/C18H15BrN4S/c19-11-14(12-4-2-1-3-5-12)13-6-7-15-16(10-13)23(17(20)22-15)18-21-8-9-24-18/h1-7,10-11H,8-9H2,(H2,20,22)/b14-11+. The van der Waals surface area contributed by atoms with Crippen LogP contribution < -0.4 is 5.73 Å². The molecule has 0 bridgehead atoms. The van der Waals surface area contributed by atoms with Gasteiger partial charge in [-0.3, -0.25) is 9.56 Å². The van der Waals surface area contributed by atoms with E-state index in [1.54, 1.807) is 11.8 Å². The van der Waals surface area contributed by atoms with E-state index in [0.29, 0.717) is 5.95 Å². The molecule has 0 spiro atoms. The van der Waals surface area contributed by atoms with Crippen LogP contribution in [0.1, 0.15) is 11.1 Å². The van der Waals surface area contributed by atoms with Crippen molar-refractivity contribution >= 4 is 55.4 Å². The fourth-order valence-corrected chi connectivity index (χ4v) is 4.23. The highest BCUT2D eigenvalue weighted by molar-refractivity contribution is 9.11. The number of halogens is 1. The van der Waals surface area contributed by atoms with E-state index in [4.69, 9.17) is 5.73 Å². The number of nitrogen functional groups attached to an aromatic ring is 1. The first kappa shape index (κ1) is 15.5. The Bertz CT molecular complexity index is 960. The van der Waals surface area contributed by atoms with Crippen molar-refractivity contribution in [1.29, 1.82) is 0 Å². The van der Waals surface area contributed by atoms with Gasteiger partial charge in [-0.1, -0.05) is 64.1 Å². The van der Waals surface area contributed by atoms with Gasteiger partial charge in [-0.15, -0.1) is 0 Å². The third-order valence-electron chi connectivity index (χ3n) is 3.95. The second-order valence-corrected chi connectivity index (χ2v) is 6.93. The molecular formula is C18H15BrN4S. The fraction of sp³-hybridized carbons (Fsp3) is 0.111. The Morgan fingerprint density at radius 1 is 1.17 bits per heavy atom. The van der Waals surface area contributed by atoms with Crippen LogP contribution >= 0.6 is 27.7 Å². The number of rotatable bonds is 2. The molecule has 4 rings (SSSR count). The average Bonchev–Trinajstić information content (AvgIpc) is 3.23. The maximum absolute atomic E-state index is 6.14. The van der Waals surface area contributed by atoms with Crippen LogP contribution in [-0.2, 0) is 0 Å². The molecule has 0 saturated carbocycles. The Morgan fingerprint density at radius 3 is 2.71 bits per heavy atom. The van der Waals surface area contributed by atoms with Crippen LogP contribution in [0, 0.1) is 0 Å². The number of imidazole rings is 1. The van der Waals surface area contributed by atoms with Crippen LogP contribution in [0.25, 0.3) is 16.6 Å². The van der Waals surface area contributed by atoms with Gasteiger partial charge in [0.05, 0.1) is 17.6 Å². The summed E-state index contributed by atoms with van der Waals surface area (Å²) in [6, 6.07) is 16.5. The number of thioether (sulfide) groups is 1. The van der Waals surface area contributed by atoms with E-state index in [2.05, 4.69) is 50.2 Å². The first-order valence-corrected chi connectivity index (χ1v) is 9.50. The number of anilines is 1. The van der Waals surface area contributed by atoms with Gasteiger partial charge in [-0.25, -0.2) is 4.98 Å². The third-order valence-corrected chi connectivity index (χ3v) is 5.36. The molecule has 3 aromatic rings. The van der Waals surface area contributed by atoms with Gasteiger partial charge in [-0.2, -0.15) is 0 Å². The molecule has 1 aromatic heterocycles. The minimum absolute atomic E-state index is 0.486. The molecule has 24 heavy (non-hydrogen) atoms. The minimum Gasteiger partial charge on any atom is -0.369 e. The van der Waals surface area contributed by atoms with Crippen molar-refractivity contribution in [3.8, 4) is 0 Å². The van der Waals surface area contributed by atoms with E-state index < -0.39 is 0 Å². The molecule has 0 amide bonds. The quantitative estimate of drug-likeness (QED) is 0.697. The molecule has 0 radical (unpaired) electrons. The molecule has 0 unspecified atom stereocenters. The molecule has 2 aromatic carbocycles. The summed E-state index contributed by atoms with van der Waals surface area (Å²) in [6.07, 6.45) is 0. The maximum Gasteiger partial charge on any atom is 0.207 e. The van der Waals surface area contributed by atoms with Crippen LogP contribution in [0.3, 0.4) is 0 Å². The number of nitrogens with zero attached hydrogens (tertiary/aromatic N) is 3. The second kappa shape index (κ2) is 6.45. The molecule has 2 heterocycles. The van der Waals surface area contributed by atoms with E-state index in [9.17, 15) is 0 Å². The van der Waals surface area contributed by atoms with Gasteiger partial charge in [0.1, 0.15) is 0 Å². The van der Waals surface area contributed by atoms with Crippen molar-refractivity contribution in [2.45, 2.75) is 0 Å². The summed E-state index contributed by atoms with van der Waals surface area (Å²) >= 11 is 5.22. The molecule has 120 valence electrons. The summed E-state index contributed by atoms with van der Waals surface area (Å²) in [5.74, 6) is 1.48. The number of fused-ring (bicyclic) bond motifs is 1. The Kier molecular flexibility index (Phi) is 4.16. The molecule has 6 heteroatoms.